The second-order valence-corrected chi connectivity index (χ2v) is 3.96. The molecule has 0 aliphatic carbocycles. The van der Waals surface area contributed by atoms with Crippen LogP contribution in [0.4, 0.5) is 0 Å². The molecule has 0 aliphatic heterocycles. The van der Waals surface area contributed by atoms with Crippen molar-refractivity contribution in [1.29, 1.82) is 0 Å². The second kappa shape index (κ2) is 7.35. The van der Waals surface area contributed by atoms with Crippen LogP contribution in [0.3, 0.4) is 0 Å². The lowest BCUT2D eigenvalue weighted by molar-refractivity contribution is -0.118. The van der Waals surface area contributed by atoms with Gasteiger partial charge in [-0.25, -0.2) is 0 Å². The van der Waals surface area contributed by atoms with Crippen molar-refractivity contribution in [2.45, 2.75) is 19.9 Å². The van der Waals surface area contributed by atoms with Crippen LogP contribution in [0.15, 0.2) is 22.8 Å². The maximum atomic E-state index is 11.2. The van der Waals surface area contributed by atoms with Gasteiger partial charge in [0.1, 0.15) is 11.6 Å². The highest BCUT2D eigenvalue weighted by Gasteiger charge is 2.20. The number of amides is 1. The zero-order chi connectivity index (χ0) is 12.7. The Labute approximate surface area is 107 Å². The van der Waals surface area contributed by atoms with Gasteiger partial charge in [-0.3, -0.25) is 9.69 Å². The lowest BCUT2D eigenvalue weighted by Crippen LogP contribution is -2.38. The van der Waals surface area contributed by atoms with Gasteiger partial charge in [0, 0.05) is 6.54 Å². The third kappa shape index (κ3) is 4.06. The van der Waals surface area contributed by atoms with Crippen molar-refractivity contribution in [2.75, 3.05) is 25.5 Å². The molecule has 0 spiro atoms. The summed E-state index contributed by atoms with van der Waals surface area (Å²) in [5, 5.41) is 2.80. The molecule has 1 heterocycles. The van der Waals surface area contributed by atoms with Crippen molar-refractivity contribution in [3.8, 4) is 0 Å². The fourth-order valence-corrected chi connectivity index (χ4v) is 1.91. The number of alkyl halides is 1. The predicted octanol–water partition coefficient (Wildman–Crippen LogP) is 2.02. The van der Waals surface area contributed by atoms with E-state index in [1.165, 1.54) is 0 Å². The van der Waals surface area contributed by atoms with Gasteiger partial charge in [0.2, 0.25) is 5.91 Å². The normalized spacial score (nSPS) is 12.7. The molecule has 0 unspecified atom stereocenters. The van der Waals surface area contributed by atoms with Gasteiger partial charge in [-0.15, -0.1) is 11.6 Å². The molecule has 0 fully saturated rings. The standard InChI is InChI=1S/C12H19ClN2O2/c1-3-15(4-2)10(9-14-12(16)8-13)11-6-5-7-17-11/h5-7,10H,3-4,8-9H2,1-2H3,(H,14,16)/t10-/m0/s1. The van der Waals surface area contributed by atoms with E-state index >= 15 is 0 Å². The van der Waals surface area contributed by atoms with E-state index in [0.717, 1.165) is 18.8 Å². The van der Waals surface area contributed by atoms with Gasteiger partial charge in [-0.05, 0) is 25.2 Å². The van der Waals surface area contributed by atoms with Crippen LogP contribution >= 0.6 is 11.6 Å². The van der Waals surface area contributed by atoms with Crippen molar-refractivity contribution < 1.29 is 9.21 Å². The minimum Gasteiger partial charge on any atom is -0.468 e. The maximum Gasteiger partial charge on any atom is 0.234 e. The molecular formula is C12H19ClN2O2. The van der Waals surface area contributed by atoms with E-state index in [-0.39, 0.29) is 17.8 Å². The number of nitrogens with zero attached hydrogens (tertiary/aromatic N) is 1. The first-order valence-electron chi connectivity index (χ1n) is 5.83. The van der Waals surface area contributed by atoms with Crippen molar-refractivity contribution in [1.82, 2.24) is 10.2 Å². The Bertz CT molecular complexity index is 323. The van der Waals surface area contributed by atoms with E-state index in [9.17, 15) is 4.79 Å². The molecule has 1 N–H and O–H groups in total. The molecule has 0 saturated heterocycles. The molecule has 4 nitrogen and oxygen atoms in total. The number of carbonyl (C=O) groups excluding carboxylic acids is 1. The van der Waals surface area contributed by atoms with E-state index < -0.39 is 0 Å². The average Bonchev–Trinajstić information content (AvgIpc) is 2.87. The molecule has 1 aromatic heterocycles. The van der Waals surface area contributed by atoms with Gasteiger partial charge in [0.15, 0.2) is 0 Å². The second-order valence-electron chi connectivity index (χ2n) is 3.69. The first-order chi connectivity index (χ1) is 8.22. The van der Waals surface area contributed by atoms with E-state index in [4.69, 9.17) is 16.0 Å². The topological polar surface area (TPSA) is 45.5 Å². The molecule has 1 aromatic rings. The summed E-state index contributed by atoms with van der Waals surface area (Å²) in [5.74, 6) is 0.697. The largest absolute Gasteiger partial charge is 0.468 e. The Morgan fingerprint density at radius 3 is 2.71 bits per heavy atom. The summed E-state index contributed by atoms with van der Waals surface area (Å²) >= 11 is 5.46. The van der Waals surface area contributed by atoms with E-state index in [0.29, 0.717) is 6.54 Å². The molecule has 0 radical (unpaired) electrons. The molecule has 1 rings (SSSR count). The molecule has 5 heteroatoms. The molecule has 1 atom stereocenters. The van der Waals surface area contributed by atoms with Crippen molar-refractivity contribution in [3.05, 3.63) is 24.2 Å². The third-order valence-electron chi connectivity index (χ3n) is 2.74. The van der Waals surface area contributed by atoms with Crippen LogP contribution in [0, 0.1) is 0 Å². The van der Waals surface area contributed by atoms with Crippen LogP contribution in [-0.2, 0) is 4.79 Å². The number of furan rings is 1. The first kappa shape index (κ1) is 14.1. The Balaban J connectivity index is 2.69. The molecule has 17 heavy (non-hydrogen) atoms. The van der Waals surface area contributed by atoms with Crippen molar-refractivity contribution in [3.63, 3.8) is 0 Å². The van der Waals surface area contributed by atoms with Crippen LogP contribution in [0.2, 0.25) is 0 Å². The summed E-state index contributed by atoms with van der Waals surface area (Å²) in [5.41, 5.74) is 0. The number of hydrogen-bond acceptors (Lipinski definition) is 3. The van der Waals surface area contributed by atoms with Gasteiger partial charge in [0.05, 0.1) is 12.3 Å². The van der Waals surface area contributed by atoms with E-state index in [1.54, 1.807) is 6.26 Å². The van der Waals surface area contributed by atoms with Gasteiger partial charge in [-0.1, -0.05) is 13.8 Å². The number of hydrogen-bond donors (Lipinski definition) is 1. The summed E-state index contributed by atoms with van der Waals surface area (Å²) < 4.78 is 5.42. The monoisotopic (exact) mass is 258 g/mol. The quantitative estimate of drug-likeness (QED) is 0.761. The van der Waals surface area contributed by atoms with Crippen LogP contribution in [0.5, 0.6) is 0 Å². The van der Waals surface area contributed by atoms with Gasteiger partial charge < -0.3 is 9.73 Å². The summed E-state index contributed by atoms with van der Waals surface area (Å²) in [6.45, 7) is 6.49. The minimum absolute atomic E-state index is 0.0108. The van der Waals surface area contributed by atoms with Gasteiger partial charge in [0.25, 0.3) is 0 Å². The number of nitrogens with one attached hydrogen (secondary N) is 1. The maximum absolute atomic E-state index is 11.2. The summed E-state index contributed by atoms with van der Waals surface area (Å²) in [7, 11) is 0. The zero-order valence-corrected chi connectivity index (χ0v) is 11.0. The highest BCUT2D eigenvalue weighted by molar-refractivity contribution is 6.27. The Hall–Kier alpha value is -1.00. The zero-order valence-electron chi connectivity index (χ0n) is 10.3. The highest BCUT2D eigenvalue weighted by Crippen LogP contribution is 2.20. The van der Waals surface area contributed by atoms with Crippen LogP contribution < -0.4 is 5.32 Å². The Morgan fingerprint density at radius 2 is 2.24 bits per heavy atom. The summed E-state index contributed by atoms with van der Waals surface area (Å²) in [6, 6.07) is 3.84. The van der Waals surface area contributed by atoms with Crippen LogP contribution in [0.25, 0.3) is 0 Å². The minimum atomic E-state index is -0.157. The SMILES string of the molecule is CCN(CC)[C@@H](CNC(=O)CCl)c1ccco1. The summed E-state index contributed by atoms with van der Waals surface area (Å²) in [6.07, 6.45) is 1.65. The Morgan fingerprint density at radius 1 is 1.53 bits per heavy atom. The number of rotatable bonds is 7. The van der Waals surface area contributed by atoms with Crippen LogP contribution in [0.1, 0.15) is 25.6 Å². The van der Waals surface area contributed by atoms with Crippen molar-refractivity contribution >= 4 is 17.5 Å². The Kier molecular flexibility index (Phi) is 6.08. The molecular weight excluding hydrogens is 240 g/mol. The fraction of sp³-hybridized carbons (Fsp3) is 0.583. The highest BCUT2D eigenvalue weighted by atomic mass is 35.5. The van der Waals surface area contributed by atoms with Crippen LogP contribution in [-0.4, -0.2) is 36.3 Å². The molecule has 1 amide bonds. The lowest BCUT2D eigenvalue weighted by atomic mass is 10.2. The third-order valence-corrected chi connectivity index (χ3v) is 2.98. The molecule has 0 aliphatic rings. The molecule has 0 bridgehead atoms. The predicted molar refractivity (Wildman–Crippen MR) is 68.1 cm³/mol. The summed E-state index contributed by atoms with van der Waals surface area (Å²) in [4.78, 5) is 13.4. The number of halogens is 1. The number of likely N-dealkylation sites (N-methyl/N-ethyl adjacent to an activating group) is 1. The lowest BCUT2D eigenvalue weighted by Gasteiger charge is -2.28. The molecule has 96 valence electrons. The first-order valence-corrected chi connectivity index (χ1v) is 6.36. The average molecular weight is 259 g/mol. The number of carbonyl (C=O) groups is 1. The van der Waals surface area contributed by atoms with Gasteiger partial charge in [-0.2, -0.15) is 0 Å². The van der Waals surface area contributed by atoms with Gasteiger partial charge >= 0.3 is 0 Å². The smallest absolute Gasteiger partial charge is 0.234 e. The molecule has 0 aromatic carbocycles. The van der Waals surface area contributed by atoms with Crippen molar-refractivity contribution in [2.24, 2.45) is 0 Å². The fourth-order valence-electron chi connectivity index (χ4n) is 1.81. The van der Waals surface area contributed by atoms with E-state index in [2.05, 4.69) is 24.1 Å². The van der Waals surface area contributed by atoms with E-state index in [1.807, 2.05) is 12.1 Å². The molecule has 0 saturated carbocycles.